The lowest BCUT2D eigenvalue weighted by Gasteiger charge is -2.40. The van der Waals surface area contributed by atoms with Crippen LogP contribution in [0.5, 0.6) is 0 Å². The lowest BCUT2D eigenvalue weighted by Crippen LogP contribution is -2.51. The average Bonchev–Trinajstić information content (AvgIpc) is 1.97. The molecule has 2 nitrogen and oxygen atoms in total. The van der Waals surface area contributed by atoms with Gasteiger partial charge in [0.1, 0.15) is 0 Å². The molecule has 11 heavy (non-hydrogen) atoms. The van der Waals surface area contributed by atoms with Crippen molar-refractivity contribution in [2.24, 2.45) is 5.73 Å². The number of hydrogen-bond acceptors (Lipinski definition) is 2. The SMILES string of the molecule is CCCCCN1CCC1CN. The predicted octanol–water partition coefficient (Wildman–Crippen LogP) is 1.21. The molecule has 1 aliphatic heterocycles. The van der Waals surface area contributed by atoms with Gasteiger partial charge in [-0.05, 0) is 19.4 Å². The third-order valence-electron chi connectivity index (χ3n) is 2.59. The van der Waals surface area contributed by atoms with Crippen LogP contribution in [0.2, 0.25) is 0 Å². The van der Waals surface area contributed by atoms with Crippen molar-refractivity contribution in [3.63, 3.8) is 0 Å². The Labute approximate surface area is 69.8 Å². The van der Waals surface area contributed by atoms with Gasteiger partial charge in [0.25, 0.3) is 0 Å². The Morgan fingerprint density at radius 3 is 2.73 bits per heavy atom. The lowest BCUT2D eigenvalue weighted by atomic mass is 10.0. The van der Waals surface area contributed by atoms with Gasteiger partial charge in [-0.1, -0.05) is 19.8 Å². The zero-order chi connectivity index (χ0) is 8.10. The monoisotopic (exact) mass is 156 g/mol. The van der Waals surface area contributed by atoms with Gasteiger partial charge in [0, 0.05) is 19.1 Å². The molecule has 1 fully saturated rings. The summed E-state index contributed by atoms with van der Waals surface area (Å²) in [6, 6.07) is 0.715. The van der Waals surface area contributed by atoms with Crippen LogP contribution >= 0.6 is 0 Å². The van der Waals surface area contributed by atoms with E-state index in [1.54, 1.807) is 0 Å². The third-order valence-corrected chi connectivity index (χ3v) is 2.59. The van der Waals surface area contributed by atoms with E-state index in [9.17, 15) is 0 Å². The van der Waals surface area contributed by atoms with E-state index >= 15 is 0 Å². The maximum Gasteiger partial charge on any atom is 0.0230 e. The lowest BCUT2D eigenvalue weighted by molar-refractivity contribution is 0.0947. The number of likely N-dealkylation sites (tertiary alicyclic amines) is 1. The molecule has 1 heterocycles. The normalized spacial score (nSPS) is 25.1. The molecule has 1 rings (SSSR count). The molecule has 1 atom stereocenters. The standard InChI is InChI=1S/C9H20N2/c1-2-3-4-6-11-7-5-9(11)8-10/h9H,2-8,10H2,1H3. The van der Waals surface area contributed by atoms with Crippen LogP contribution in [-0.2, 0) is 0 Å². The molecule has 0 aromatic heterocycles. The molecule has 1 unspecified atom stereocenters. The summed E-state index contributed by atoms with van der Waals surface area (Å²) in [6.45, 7) is 5.66. The van der Waals surface area contributed by atoms with Gasteiger partial charge in [-0.15, -0.1) is 0 Å². The third kappa shape index (κ3) is 2.46. The van der Waals surface area contributed by atoms with Crippen LogP contribution in [0, 0.1) is 0 Å². The summed E-state index contributed by atoms with van der Waals surface area (Å²) in [4.78, 5) is 2.51. The summed E-state index contributed by atoms with van der Waals surface area (Å²) >= 11 is 0. The number of hydrogen-bond donors (Lipinski definition) is 1. The van der Waals surface area contributed by atoms with Crippen molar-refractivity contribution in [3.8, 4) is 0 Å². The maximum atomic E-state index is 5.59. The predicted molar refractivity (Wildman–Crippen MR) is 48.6 cm³/mol. The van der Waals surface area contributed by atoms with E-state index in [0.717, 1.165) is 6.54 Å². The Bertz CT molecular complexity index is 102. The van der Waals surface area contributed by atoms with Crippen molar-refractivity contribution in [1.82, 2.24) is 4.90 Å². The first kappa shape index (κ1) is 9.01. The van der Waals surface area contributed by atoms with Crippen molar-refractivity contribution in [3.05, 3.63) is 0 Å². The fraction of sp³-hybridized carbons (Fsp3) is 1.00. The van der Waals surface area contributed by atoms with Crippen LogP contribution in [0.1, 0.15) is 32.6 Å². The molecule has 1 saturated heterocycles. The maximum absolute atomic E-state index is 5.59. The van der Waals surface area contributed by atoms with Crippen LogP contribution in [-0.4, -0.2) is 30.6 Å². The summed E-state index contributed by atoms with van der Waals surface area (Å²) in [5.41, 5.74) is 5.59. The quantitative estimate of drug-likeness (QED) is 0.606. The molecule has 0 bridgehead atoms. The topological polar surface area (TPSA) is 29.3 Å². The molecule has 0 amide bonds. The van der Waals surface area contributed by atoms with Crippen molar-refractivity contribution in [2.75, 3.05) is 19.6 Å². The van der Waals surface area contributed by atoms with Crippen molar-refractivity contribution >= 4 is 0 Å². The highest BCUT2D eigenvalue weighted by Gasteiger charge is 2.24. The fourth-order valence-electron chi connectivity index (χ4n) is 1.62. The highest BCUT2D eigenvalue weighted by atomic mass is 15.2. The average molecular weight is 156 g/mol. The summed E-state index contributed by atoms with van der Waals surface area (Å²) in [6.07, 6.45) is 5.37. The second kappa shape index (κ2) is 4.73. The minimum absolute atomic E-state index is 0.715. The minimum atomic E-state index is 0.715. The highest BCUT2D eigenvalue weighted by molar-refractivity contribution is 4.82. The van der Waals surface area contributed by atoms with E-state index in [1.165, 1.54) is 38.8 Å². The molecule has 66 valence electrons. The minimum Gasteiger partial charge on any atom is -0.329 e. The molecule has 0 aromatic carbocycles. The largest absolute Gasteiger partial charge is 0.329 e. The van der Waals surface area contributed by atoms with E-state index in [4.69, 9.17) is 5.73 Å². The smallest absolute Gasteiger partial charge is 0.0230 e. The summed E-state index contributed by atoms with van der Waals surface area (Å²) < 4.78 is 0. The Hall–Kier alpha value is -0.0800. The van der Waals surface area contributed by atoms with Gasteiger partial charge in [0.2, 0.25) is 0 Å². The van der Waals surface area contributed by atoms with Crippen molar-refractivity contribution in [2.45, 2.75) is 38.6 Å². The second-order valence-electron chi connectivity index (χ2n) is 3.42. The van der Waals surface area contributed by atoms with Crippen LogP contribution in [0.3, 0.4) is 0 Å². The molecule has 0 saturated carbocycles. The Kier molecular flexibility index (Phi) is 3.87. The van der Waals surface area contributed by atoms with E-state index in [2.05, 4.69) is 11.8 Å². The summed E-state index contributed by atoms with van der Waals surface area (Å²) in [5.74, 6) is 0. The molecule has 0 aromatic rings. The van der Waals surface area contributed by atoms with Gasteiger partial charge in [0.15, 0.2) is 0 Å². The molecule has 2 heteroatoms. The van der Waals surface area contributed by atoms with E-state index in [1.807, 2.05) is 0 Å². The van der Waals surface area contributed by atoms with Gasteiger partial charge in [0.05, 0.1) is 0 Å². The molecular formula is C9H20N2. The van der Waals surface area contributed by atoms with E-state index in [-0.39, 0.29) is 0 Å². The van der Waals surface area contributed by atoms with Crippen molar-refractivity contribution in [1.29, 1.82) is 0 Å². The van der Waals surface area contributed by atoms with Crippen LogP contribution in [0.4, 0.5) is 0 Å². The van der Waals surface area contributed by atoms with Gasteiger partial charge in [-0.3, -0.25) is 4.90 Å². The Morgan fingerprint density at radius 2 is 2.27 bits per heavy atom. The van der Waals surface area contributed by atoms with Crippen LogP contribution in [0.15, 0.2) is 0 Å². The van der Waals surface area contributed by atoms with Gasteiger partial charge < -0.3 is 5.73 Å². The summed E-state index contributed by atoms with van der Waals surface area (Å²) in [5, 5.41) is 0. The van der Waals surface area contributed by atoms with Gasteiger partial charge in [-0.25, -0.2) is 0 Å². The number of unbranched alkanes of at least 4 members (excludes halogenated alkanes) is 2. The zero-order valence-corrected chi connectivity index (χ0v) is 7.55. The van der Waals surface area contributed by atoms with Crippen LogP contribution in [0.25, 0.3) is 0 Å². The highest BCUT2D eigenvalue weighted by Crippen LogP contribution is 2.16. The zero-order valence-electron chi connectivity index (χ0n) is 7.55. The molecular weight excluding hydrogens is 136 g/mol. The second-order valence-corrected chi connectivity index (χ2v) is 3.42. The molecule has 2 N–H and O–H groups in total. The first-order chi connectivity index (χ1) is 5.38. The first-order valence-electron chi connectivity index (χ1n) is 4.82. The molecule has 1 aliphatic rings. The van der Waals surface area contributed by atoms with Gasteiger partial charge >= 0.3 is 0 Å². The first-order valence-corrected chi connectivity index (χ1v) is 4.82. The van der Waals surface area contributed by atoms with Crippen LogP contribution < -0.4 is 5.73 Å². The fourth-order valence-corrected chi connectivity index (χ4v) is 1.62. The molecule has 0 aliphatic carbocycles. The molecule has 0 radical (unpaired) electrons. The van der Waals surface area contributed by atoms with Gasteiger partial charge in [-0.2, -0.15) is 0 Å². The van der Waals surface area contributed by atoms with Crippen molar-refractivity contribution < 1.29 is 0 Å². The number of nitrogens with two attached hydrogens (primary N) is 1. The Morgan fingerprint density at radius 1 is 1.45 bits per heavy atom. The number of rotatable bonds is 5. The van der Waals surface area contributed by atoms with E-state index < -0.39 is 0 Å². The number of nitrogens with zero attached hydrogens (tertiary/aromatic N) is 1. The Balaban J connectivity index is 1.98. The van der Waals surface area contributed by atoms with E-state index in [0.29, 0.717) is 6.04 Å². The summed E-state index contributed by atoms with van der Waals surface area (Å²) in [7, 11) is 0. The molecule has 0 spiro atoms.